The molecule has 8 heterocycles. The number of para-hydroxylation sites is 4. The molecule has 0 radical (unpaired) electrons. The summed E-state index contributed by atoms with van der Waals surface area (Å²) in [5, 5.41) is 0. The predicted molar refractivity (Wildman–Crippen MR) is 454 cm³/mol. The van der Waals surface area contributed by atoms with Gasteiger partial charge in [0.15, 0.2) is 0 Å². The highest BCUT2D eigenvalue weighted by molar-refractivity contribution is 7.39. The molecular weight excluding hydrogens is 1320 g/mol. The van der Waals surface area contributed by atoms with E-state index >= 15 is 0 Å². The topological polar surface area (TPSA) is 22.7 Å². The van der Waals surface area contributed by atoms with Gasteiger partial charge in [-0.3, -0.25) is 0 Å². The van der Waals surface area contributed by atoms with Crippen LogP contribution >= 0.6 is 11.3 Å². The van der Waals surface area contributed by atoms with Gasteiger partial charge in [-0.05, 0) is 175 Å². The first-order valence-corrected chi connectivity index (χ1v) is 37.9. The van der Waals surface area contributed by atoms with Gasteiger partial charge in [0.1, 0.15) is 0 Å². The fraction of sp³-hybridized carbons (Fsp3) is 0.0309. The number of benzene rings is 15. The minimum absolute atomic E-state index is 0.172. The van der Waals surface area contributed by atoms with Crippen molar-refractivity contribution < 1.29 is 0 Å². The SMILES string of the molecule is Cc1cc2c3c(c1)N1c4ccccc4N4c5cc(N(c6ccccc6)c6ccccc6)cc6c5B(c5ccc(-c7ccccc7)c7c5N6c5cc(-c6ccccc6)cc(-c6ccccc6)c5N7C)c5sc(c1c54)B3c1cc(-c3ccccc3)cc3c1N2c1cc(-c2ccccc2)cc(-c2ccccc2)c1N3C. The maximum Gasteiger partial charge on any atom is 0.264 e. The zero-order valence-electron chi connectivity index (χ0n) is 59.0. The Morgan fingerprint density at radius 2 is 0.607 bits per heavy atom. The maximum absolute atomic E-state index is 2.72. The Kier molecular flexibility index (Phi) is 12.9. The summed E-state index contributed by atoms with van der Waals surface area (Å²) in [6.45, 7) is 1.94. The Hall–Kier alpha value is -13.3. The first-order chi connectivity index (χ1) is 52.9. The van der Waals surface area contributed by atoms with E-state index < -0.39 is 0 Å². The van der Waals surface area contributed by atoms with E-state index in [1.54, 1.807) is 0 Å². The van der Waals surface area contributed by atoms with Gasteiger partial charge < -0.3 is 34.3 Å². The second-order valence-corrected chi connectivity index (χ2v) is 30.4. The lowest BCUT2D eigenvalue weighted by molar-refractivity contribution is 1.12. The molecule has 0 fully saturated rings. The summed E-state index contributed by atoms with van der Waals surface area (Å²) in [7, 11) is 4.64. The Morgan fingerprint density at radius 1 is 0.243 bits per heavy atom. The van der Waals surface area contributed by atoms with Crippen LogP contribution in [0.5, 0.6) is 0 Å². The van der Waals surface area contributed by atoms with Gasteiger partial charge in [0.25, 0.3) is 13.4 Å². The highest BCUT2D eigenvalue weighted by Gasteiger charge is 2.56. The number of hydrogen-bond acceptors (Lipinski definition) is 8. The Morgan fingerprint density at radius 3 is 1.07 bits per heavy atom. The Balaban J connectivity index is 0.850. The Labute approximate surface area is 627 Å². The summed E-state index contributed by atoms with van der Waals surface area (Å²) >= 11 is 2.05. The normalized spacial score (nSPS) is 13.6. The first kappa shape index (κ1) is 60.2. The third-order valence-electron chi connectivity index (χ3n) is 23.5. The van der Waals surface area contributed by atoms with Crippen molar-refractivity contribution in [2.24, 2.45) is 0 Å². The van der Waals surface area contributed by atoms with Gasteiger partial charge in [0.05, 0.1) is 73.9 Å². The van der Waals surface area contributed by atoms with Gasteiger partial charge in [-0.2, -0.15) is 11.3 Å². The van der Waals surface area contributed by atoms with Gasteiger partial charge in [0, 0.05) is 74.5 Å². The molecule has 107 heavy (non-hydrogen) atoms. The third-order valence-corrected chi connectivity index (χ3v) is 24.7. The van der Waals surface area contributed by atoms with Crippen molar-refractivity contribution in [1.82, 2.24) is 0 Å². The first-order valence-electron chi connectivity index (χ1n) is 37.1. The summed E-state index contributed by atoms with van der Waals surface area (Å²) in [4.78, 5) is 18.4. The van der Waals surface area contributed by atoms with Crippen molar-refractivity contribution in [3.05, 3.63) is 345 Å². The lowest BCUT2D eigenvalue weighted by atomic mass is 9.34. The van der Waals surface area contributed by atoms with Crippen molar-refractivity contribution >= 4 is 164 Å². The lowest BCUT2D eigenvalue weighted by Crippen LogP contribution is -2.61. The largest absolute Gasteiger partial charge is 0.341 e. The van der Waals surface area contributed by atoms with E-state index in [0.29, 0.717) is 0 Å². The molecule has 0 bridgehead atoms. The smallest absolute Gasteiger partial charge is 0.264 e. The molecule has 10 heteroatoms. The molecule has 500 valence electrons. The second kappa shape index (κ2) is 22.9. The molecule has 0 spiro atoms. The molecule has 0 aliphatic carbocycles. The number of rotatable bonds is 9. The molecule has 0 atom stereocenters. The van der Waals surface area contributed by atoms with Crippen LogP contribution in [-0.2, 0) is 0 Å². The average Bonchev–Trinajstić information content (AvgIpc) is 1.60. The molecule has 0 saturated carbocycles. The third kappa shape index (κ3) is 8.55. The number of aryl methyl sites for hydroxylation is 1. The minimum atomic E-state index is -0.208. The summed E-state index contributed by atoms with van der Waals surface area (Å²) < 4.78 is 2.69. The molecule has 7 nitrogen and oxygen atoms in total. The van der Waals surface area contributed by atoms with Gasteiger partial charge in [0.2, 0.25) is 0 Å². The number of thiophene rings is 1. The fourth-order valence-corrected chi connectivity index (χ4v) is 20.6. The minimum Gasteiger partial charge on any atom is -0.341 e. The molecule has 7 aliphatic heterocycles. The van der Waals surface area contributed by atoms with Crippen molar-refractivity contribution in [1.29, 1.82) is 0 Å². The molecule has 0 N–H and O–H groups in total. The predicted octanol–water partition coefficient (Wildman–Crippen LogP) is 22.2. The van der Waals surface area contributed by atoms with E-state index in [9.17, 15) is 0 Å². The molecule has 0 saturated heterocycles. The molecule has 1 aromatic heterocycles. The highest BCUT2D eigenvalue weighted by atomic mass is 32.1. The van der Waals surface area contributed by atoms with Gasteiger partial charge in [-0.15, -0.1) is 0 Å². The molecule has 15 aromatic carbocycles. The number of nitrogens with zero attached hydrogens (tertiary/aromatic N) is 7. The van der Waals surface area contributed by atoms with Gasteiger partial charge in [-0.25, -0.2) is 0 Å². The zero-order chi connectivity index (χ0) is 70.4. The van der Waals surface area contributed by atoms with Crippen LogP contribution in [0.2, 0.25) is 0 Å². The van der Waals surface area contributed by atoms with E-state index in [1.165, 1.54) is 138 Å². The lowest BCUT2D eigenvalue weighted by Gasteiger charge is -2.51. The number of hydrogen-bond donors (Lipinski definition) is 0. The molecule has 0 unspecified atom stereocenters. The summed E-state index contributed by atoms with van der Waals surface area (Å²) in [6.07, 6.45) is 0. The molecule has 16 aromatic rings. The second-order valence-electron chi connectivity index (χ2n) is 29.3. The van der Waals surface area contributed by atoms with E-state index in [0.717, 1.165) is 73.6 Å². The summed E-state index contributed by atoms with van der Waals surface area (Å²) in [5.74, 6) is 0. The molecule has 23 rings (SSSR count). The van der Waals surface area contributed by atoms with Crippen LogP contribution in [0, 0.1) is 6.92 Å². The van der Waals surface area contributed by atoms with E-state index in [2.05, 4.69) is 406 Å². The molecular formula is C97H65B2N7S. The monoisotopic (exact) mass is 1380 g/mol. The number of anilines is 19. The number of fused-ring (bicyclic) bond motifs is 15. The average molecular weight is 1380 g/mol. The van der Waals surface area contributed by atoms with Crippen LogP contribution in [0.15, 0.2) is 340 Å². The van der Waals surface area contributed by atoms with Crippen LogP contribution < -0.4 is 65.7 Å². The van der Waals surface area contributed by atoms with E-state index in [-0.39, 0.29) is 13.4 Å². The quantitative estimate of drug-likeness (QED) is 0.133. The zero-order valence-corrected chi connectivity index (χ0v) is 59.8. The van der Waals surface area contributed by atoms with Crippen molar-refractivity contribution in [3.8, 4) is 66.8 Å². The summed E-state index contributed by atoms with van der Waals surface area (Å²) in [5.41, 5.74) is 42.6. The standard InChI is InChI=1S/C97H65B2N7S/c1-60-50-80-87-81(51-60)105-85-56-67(61-30-12-4-13-31-61)52-74(65-38-20-8-21-39-65)89(85)100(2)84-55-69(63-34-16-6-17-35-63)54-77(92(84)105)99(87)97-95-94-96(107-97)98-76-49-48-73(64-36-18-7-19-37-64)91-93(76)106(86-57-68(62-32-14-5-15-33-62)53-75(90(86)101(91)3)66-40-22-9-23-41-66)83-59-72(102(70-42-24-10-25-43-70)71-44-26-11-27-45-71)58-82(88(83)98)104(94)79-47-29-28-46-78(79)103(80)95/h4-59H,1-3H3. The summed E-state index contributed by atoms with van der Waals surface area (Å²) in [6, 6.07) is 128. The van der Waals surface area contributed by atoms with Crippen molar-refractivity contribution in [2.45, 2.75) is 6.92 Å². The fourth-order valence-electron chi connectivity index (χ4n) is 19.1. The molecule has 0 amide bonds. The van der Waals surface area contributed by atoms with Crippen LogP contribution in [0.1, 0.15) is 5.56 Å². The van der Waals surface area contributed by atoms with Gasteiger partial charge >= 0.3 is 0 Å². The van der Waals surface area contributed by atoms with Crippen molar-refractivity contribution in [3.63, 3.8) is 0 Å². The van der Waals surface area contributed by atoms with Crippen LogP contribution in [0.4, 0.5) is 108 Å². The van der Waals surface area contributed by atoms with Crippen LogP contribution in [0.3, 0.4) is 0 Å². The highest BCUT2D eigenvalue weighted by Crippen LogP contribution is 2.65. The molecule has 7 aliphatic rings. The Bertz CT molecular complexity index is 6360. The van der Waals surface area contributed by atoms with E-state index in [4.69, 9.17) is 0 Å². The van der Waals surface area contributed by atoms with Gasteiger partial charge in [-0.1, -0.05) is 249 Å². The van der Waals surface area contributed by atoms with Crippen LogP contribution in [0.25, 0.3) is 66.8 Å². The van der Waals surface area contributed by atoms with Crippen molar-refractivity contribution in [2.75, 3.05) is 48.4 Å². The van der Waals surface area contributed by atoms with Crippen LogP contribution in [-0.4, -0.2) is 27.5 Å². The van der Waals surface area contributed by atoms with E-state index in [1.807, 2.05) is 0 Å². The maximum atomic E-state index is 2.72.